The summed E-state index contributed by atoms with van der Waals surface area (Å²) in [6.45, 7) is 0. The van der Waals surface area contributed by atoms with Gasteiger partial charge in [-0.05, 0) is 19.7 Å². The lowest BCUT2D eigenvalue weighted by molar-refractivity contribution is -0.139. The lowest BCUT2D eigenvalue weighted by Crippen LogP contribution is -2.28. The summed E-state index contributed by atoms with van der Waals surface area (Å²) in [4.78, 5) is 24.3. The Morgan fingerprint density at radius 1 is 1.18 bits per heavy atom. The highest BCUT2D eigenvalue weighted by Gasteiger charge is 2.22. The van der Waals surface area contributed by atoms with Gasteiger partial charge in [-0.3, -0.25) is 14.5 Å². The summed E-state index contributed by atoms with van der Waals surface area (Å²) < 4.78 is 0. The minimum Gasteiger partial charge on any atom is -0.481 e. The van der Waals surface area contributed by atoms with Crippen LogP contribution in [0.5, 0.6) is 0 Å². The van der Waals surface area contributed by atoms with Crippen LogP contribution in [0.15, 0.2) is 30.3 Å². The standard InChI is InChI=1S/C13H17NO3/c1-14(2)13(10-6-4-3-5-7-10)11(15)8-9-12(16)17/h3-7,13H,8-9H2,1-2H3,(H,16,17). The Labute approximate surface area is 101 Å². The maximum atomic E-state index is 12.0. The summed E-state index contributed by atoms with van der Waals surface area (Å²) in [7, 11) is 3.63. The predicted molar refractivity (Wildman–Crippen MR) is 64.7 cm³/mol. The molecule has 92 valence electrons. The van der Waals surface area contributed by atoms with Gasteiger partial charge >= 0.3 is 5.97 Å². The second kappa shape index (κ2) is 6.15. The van der Waals surface area contributed by atoms with E-state index in [0.29, 0.717) is 0 Å². The molecule has 0 aromatic heterocycles. The van der Waals surface area contributed by atoms with Gasteiger partial charge in [-0.1, -0.05) is 30.3 Å². The Hall–Kier alpha value is -1.68. The van der Waals surface area contributed by atoms with Gasteiger partial charge in [0.2, 0.25) is 0 Å². The van der Waals surface area contributed by atoms with Crippen LogP contribution in [0.1, 0.15) is 24.4 Å². The molecule has 1 atom stereocenters. The predicted octanol–water partition coefficient (Wildman–Crippen LogP) is 1.72. The highest BCUT2D eigenvalue weighted by atomic mass is 16.4. The average Bonchev–Trinajstić information content (AvgIpc) is 2.27. The summed E-state index contributed by atoms with van der Waals surface area (Å²) in [5, 5.41) is 8.59. The molecule has 0 bridgehead atoms. The zero-order chi connectivity index (χ0) is 12.8. The third-order valence-corrected chi connectivity index (χ3v) is 2.52. The van der Waals surface area contributed by atoms with Gasteiger partial charge < -0.3 is 5.11 Å². The summed E-state index contributed by atoms with van der Waals surface area (Å²) in [6.07, 6.45) is -0.0525. The van der Waals surface area contributed by atoms with Crippen molar-refractivity contribution >= 4 is 11.8 Å². The second-order valence-electron chi connectivity index (χ2n) is 4.14. The summed E-state index contributed by atoms with van der Waals surface area (Å²) in [5.41, 5.74) is 0.896. The van der Waals surface area contributed by atoms with E-state index in [1.807, 2.05) is 44.4 Å². The molecular formula is C13H17NO3. The molecule has 4 heteroatoms. The van der Waals surface area contributed by atoms with Crippen LogP contribution in [-0.4, -0.2) is 35.9 Å². The minimum absolute atomic E-state index is 0.0626. The molecule has 0 heterocycles. The van der Waals surface area contributed by atoms with Gasteiger partial charge in [0.1, 0.15) is 0 Å². The third kappa shape index (κ3) is 4.00. The first kappa shape index (κ1) is 13.4. The summed E-state index contributed by atoms with van der Waals surface area (Å²) in [5.74, 6) is -1.01. The first-order valence-corrected chi connectivity index (χ1v) is 5.48. The normalized spacial score (nSPS) is 12.4. The van der Waals surface area contributed by atoms with Gasteiger partial charge in [0.25, 0.3) is 0 Å². The molecule has 1 aromatic rings. The second-order valence-corrected chi connectivity index (χ2v) is 4.14. The largest absolute Gasteiger partial charge is 0.481 e. The van der Waals surface area contributed by atoms with Crippen LogP contribution < -0.4 is 0 Å². The van der Waals surface area contributed by atoms with Crippen molar-refractivity contribution in [2.75, 3.05) is 14.1 Å². The van der Waals surface area contributed by atoms with E-state index >= 15 is 0 Å². The number of hydrogen-bond donors (Lipinski definition) is 1. The molecule has 0 saturated heterocycles. The Bertz CT molecular complexity index is 387. The van der Waals surface area contributed by atoms with E-state index in [2.05, 4.69) is 0 Å². The molecule has 0 aliphatic rings. The molecule has 1 N–H and O–H groups in total. The van der Waals surface area contributed by atoms with Gasteiger partial charge in [0, 0.05) is 6.42 Å². The number of likely N-dealkylation sites (N-methyl/N-ethyl adjacent to an activating group) is 1. The number of nitrogens with zero attached hydrogens (tertiary/aromatic N) is 1. The number of hydrogen-bond acceptors (Lipinski definition) is 3. The van der Waals surface area contributed by atoms with Gasteiger partial charge in [-0.2, -0.15) is 0 Å². The maximum Gasteiger partial charge on any atom is 0.303 e. The minimum atomic E-state index is -0.941. The third-order valence-electron chi connectivity index (χ3n) is 2.52. The number of Topliss-reactive ketones (excluding diaryl/α,β-unsaturated/α-hetero) is 1. The fourth-order valence-electron chi connectivity index (χ4n) is 1.77. The van der Waals surface area contributed by atoms with E-state index in [9.17, 15) is 9.59 Å². The van der Waals surface area contributed by atoms with Gasteiger partial charge in [0.15, 0.2) is 5.78 Å². The zero-order valence-corrected chi connectivity index (χ0v) is 10.1. The van der Waals surface area contributed by atoms with E-state index in [4.69, 9.17) is 5.11 Å². The van der Waals surface area contributed by atoms with E-state index in [0.717, 1.165) is 5.56 Å². The van der Waals surface area contributed by atoms with Crippen LogP contribution in [-0.2, 0) is 9.59 Å². The molecule has 0 aliphatic carbocycles. The fourth-order valence-corrected chi connectivity index (χ4v) is 1.77. The Morgan fingerprint density at radius 2 is 1.76 bits per heavy atom. The van der Waals surface area contributed by atoms with Crippen molar-refractivity contribution in [1.29, 1.82) is 0 Å². The first-order valence-electron chi connectivity index (χ1n) is 5.48. The van der Waals surface area contributed by atoms with Gasteiger partial charge in [-0.15, -0.1) is 0 Å². The summed E-state index contributed by atoms with van der Waals surface area (Å²) >= 11 is 0. The van der Waals surface area contributed by atoms with Crippen molar-refractivity contribution in [3.8, 4) is 0 Å². The Morgan fingerprint density at radius 3 is 2.24 bits per heavy atom. The van der Waals surface area contributed by atoms with Crippen LogP contribution in [0.3, 0.4) is 0 Å². The SMILES string of the molecule is CN(C)C(C(=O)CCC(=O)O)c1ccccc1. The molecule has 0 spiro atoms. The average molecular weight is 235 g/mol. The number of carbonyl (C=O) groups excluding carboxylic acids is 1. The van der Waals surface area contributed by atoms with Crippen molar-refractivity contribution in [3.05, 3.63) is 35.9 Å². The van der Waals surface area contributed by atoms with E-state index in [-0.39, 0.29) is 24.7 Å². The van der Waals surface area contributed by atoms with Crippen LogP contribution in [0, 0.1) is 0 Å². The van der Waals surface area contributed by atoms with Crippen LogP contribution in [0.4, 0.5) is 0 Å². The Kier molecular flexibility index (Phi) is 4.84. The van der Waals surface area contributed by atoms with Crippen LogP contribution >= 0.6 is 0 Å². The zero-order valence-electron chi connectivity index (χ0n) is 10.1. The lowest BCUT2D eigenvalue weighted by Gasteiger charge is -2.23. The Balaban J connectivity index is 2.80. The van der Waals surface area contributed by atoms with Crippen molar-refractivity contribution in [3.63, 3.8) is 0 Å². The quantitative estimate of drug-likeness (QED) is 0.815. The van der Waals surface area contributed by atoms with Crippen molar-refractivity contribution < 1.29 is 14.7 Å². The monoisotopic (exact) mass is 235 g/mol. The topological polar surface area (TPSA) is 57.6 Å². The highest BCUT2D eigenvalue weighted by molar-refractivity contribution is 5.87. The number of aliphatic carboxylic acids is 1. The molecular weight excluding hydrogens is 218 g/mol. The van der Waals surface area contributed by atoms with Gasteiger partial charge in [0.05, 0.1) is 12.5 Å². The van der Waals surface area contributed by atoms with Crippen LogP contribution in [0.2, 0.25) is 0 Å². The van der Waals surface area contributed by atoms with Crippen molar-refractivity contribution in [1.82, 2.24) is 4.90 Å². The first-order chi connectivity index (χ1) is 8.02. The molecule has 4 nitrogen and oxygen atoms in total. The molecule has 1 rings (SSSR count). The van der Waals surface area contributed by atoms with E-state index in [1.165, 1.54) is 0 Å². The molecule has 0 aliphatic heterocycles. The smallest absolute Gasteiger partial charge is 0.303 e. The molecule has 1 aromatic carbocycles. The molecule has 0 saturated carbocycles. The number of carbonyl (C=O) groups is 2. The lowest BCUT2D eigenvalue weighted by atomic mass is 9.99. The number of carboxylic acid groups (broad SMARTS) is 1. The van der Waals surface area contributed by atoms with Gasteiger partial charge in [-0.25, -0.2) is 0 Å². The van der Waals surface area contributed by atoms with E-state index < -0.39 is 5.97 Å². The van der Waals surface area contributed by atoms with Crippen molar-refractivity contribution in [2.24, 2.45) is 0 Å². The molecule has 0 amide bonds. The number of carboxylic acids is 1. The highest BCUT2D eigenvalue weighted by Crippen LogP contribution is 2.20. The van der Waals surface area contributed by atoms with Crippen molar-refractivity contribution in [2.45, 2.75) is 18.9 Å². The number of benzene rings is 1. The number of rotatable bonds is 6. The maximum absolute atomic E-state index is 12.0. The fraction of sp³-hybridized carbons (Fsp3) is 0.385. The molecule has 17 heavy (non-hydrogen) atoms. The van der Waals surface area contributed by atoms with E-state index in [1.54, 1.807) is 4.90 Å². The number of ketones is 1. The molecule has 1 unspecified atom stereocenters. The van der Waals surface area contributed by atoms with Crippen LogP contribution in [0.25, 0.3) is 0 Å². The molecule has 0 radical (unpaired) electrons. The molecule has 0 fully saturated rings. The summed E-state index contributed by atoms with van der Waals surface area (Å²) in [6, 6.07) is 9.02.